The minimum atomic E-state index is -0.305. The molecule has 0 heterocycles. The standard InChI is InChI=1S/C17H18F2N2O/c1-21(12-13-6-8-15(18)9-7-13)17(22)20-11-10-14-4-2-3-5-16(14)19/h2-9H,10-12H2,1H3,(H,20,22). The van der Waals surface area contributed by atoms with Crippen LogP contribution in [0.25, 0.3) is 0 Å². The molecule has 0 saturated carbocycles. The topological polar surface area (TPSA) is 32.3 Å². The second-order valence-electron chi connectivity index (χ2n) is 5.06. The van der Waals surface area contributed by atoms with E-state index < -0.39 is 0 Å². The number of hydrogen-bond donors (Lipinski definition) is 1. The quantitative estimate of drug-likeness (QED) is 0.902. The van der Waals surface area contributed by atoms with E-state index in [4.69, 9.17) is 0 Å². The maximum atomic E-state index is 13.4. The molecule has 0 aliphatic rings. The molecule has 1 N–H and O–H groups in total. The molecule has 5 heteroatoms. The Kier molecular flexibility index (Phi) is 5.47. The van der Waals surface area contributed by atoms with Gasteiger partial charge in [0.15, 0.2) is 0 Å². The van der Waals surface area contributed by atoms with E-state index in [1.54, 1.807) is 37.4 Å². The molecule has 3 nitrogen and oxygen atoms in total. The normalized spacial score (nSPS) is 10.3. The van der Waals surface area contributed by atoms with Gasteiger partial charge in [0.05, 0.1) is 0 Å². The summed E-state index contributed by atoms with van der Waals surface area (Å²) in [5, 5.41) is 2.74. The third-order valence-corrected chi connectivity index (χ3v) is 3.31. The van der Waals surface area contributed by atoms with Gasteiger partial charge in [-0.15, -0.1) is 0 Å². The lowest BCUT2D eigenvalue weighted by molar-refractivity contribution is 0.207. The van der Waals surface area contributed by atoms with E-state index in [1.807, 2.05) is 0 Å². The van der Waals surface area contributed by atoms with Crippen LogP contribution in [0.15, 0.2) is 48.5 Å². The second-order valence-corrected chi connectivity index (χ2v) is 5.06. The van der Waals surface area contributed by atoms with Gasteiger partial charge in [-0.25, -0.2) is 13.6 Å². The molecule has 0 bridgehead atoms. The largest absolute Gasteiger partial charge is 0.338 e. The monoisotopic (exact) mass is 304 g/mol. The Morgan fingerprint density at radius 2 is 1.77 bits per heavy atom. The van der Waals surface area contributed by atoms with Crippen LogP contribution in [0.2, 0.25) is 0 Å². The molecule has 0 radical (unpaired) electrons. The number of benzene rings is 2. The van der Waals surface area contributed by atoms with Gasteiger partial charge in [-0.3, -0.25) is 0 Å². The zero-order valence-electron chi connectivity index (χ0n) is 12.4. The molecule has 2 aromatic carbocycles. The SMILES string of the molecule is CN(Cc1ccc(F)cc1)C(=O)NCCc1ccccc1F. The second kappa shape index (κ2) is 7.54. The summed E-state index contributed by atoms with van der Waals surface area (Å²) >= 11 is 0. The summed E-state index contributed by atoms with van der Waals surface area (Å²) in [6, 6.07) is 12.2. The molecule has 2 amide bonds. The summed E-state index contributed by atoms with van der Waals surface area (Å²) in [5.41, 5.74) is 1.41. The summed E-state index contributed by atoms with van der Waals surface area (Å²) in [5.74, 6) is -0.572. The number of rotatable bonds is 5. The van der Waals surface area contributed by atoms with E-state index in [0.29, 0.717) is 25.1 Å². The van der Waals surface area contributed by atoms with Crippen molar-refractivity contribution < 1.29 is 13.6 Å². The minimum Gasteiger partial charge on any atom is -0.338 e. The van der Waals surface area contributed by atoms with Crippen LogP contribution < -0.4 is 5.32 Å². The molecule has 0 atom stereocenters. The first-order chi connectivity index (χ1) is 10.6. The zero-order chi connectivity index (χ0) is 15.9. The van der Waals surface area contributed by atoms with Gasteiger partial charge >= 0.3 is 6.03 Å². The van der Waals surface area contributed by atoms with Crippen LogP contribution in [0.1, 0.15) is 11.1 Å². The van der Waals surface area contributed by atoms with Crippen LogP contribution >= 0.6 is 0 Å². The highest BCUT2D eigenvalue weighted by atomic mass is 19.1. The fourth-order valence-corrected chi connectivity index (χ4v) is 2.08. The van der Waals surface area contributed by atoms with E-state index >= 15 is 0 Å². The average Bonchev–Trinajstić information content (AvgIpc) is 2.51. The smallest absolute Gasteiger partial charge is 0.317 e. The van der Waals surface area contributed by atoms with Crippen molar-refractivity contribution in [3.63, 3.8) is 0 Å². The number of amides is 2. The molecule has 0 fully saturated rings. The van der Waals surface area contributed by atoms with Gasteiger partial charge in [0.2, 0.25) is 0 Å². The molecule has 0 aliphatic heterocycles. The summed E-state index contributed by atoms with van der Waals surface area (Å²) < 4.78 is 26.3. The van der Waals surface area contributed by atoms with E-state index in [0.717, 1.165) is 5.56 Å². The van der Waals surface area contributed by atoms with Gasteiger partial charge in [-0.05, 0) is 35.7 Å². The van der Waals surface area contributed by atoms with Crippen LogP contribution in [0.3, 0.4) is 0 Å². The average molecular weight is 304 g/mol. The van der Waals surface area contributed by atoms with Crippen LogP contribution in [-0.4, -0.2) is 24.5 Å². The molecule has 116 valence electrons. The Balaban J connectivity index is 1.79. The Labute approximate surface area is 128 Å². The van der Waals surface area contributed by atoms with E-state index in [2.05, 4.69) is 5.32 Å². The van der Waals surface area contributed by atoms with Gasteiger partial charge in [0.1, 0.15) is 11.6 Å². The minimum absolute atomic E-state index is 0.249. The molecule has 0 unspecified atom stereocenters. The molecule has 2 rings (SSSR count). The van der Waals surface area contributed by atoms with Gasteiger partial charge in [0.25, 0.3) is 0 Å². The zero-order valence-corrected chi connectivity index (χ0v) is 12.4. The highest BCUT2D eigenvalue weighted by Gasteiger charge is 2.09. The third-order valence-electron chi connectivity index (χ3n) is 3.31. The van der Waals surface area contributed by atoms with Crippen molar-refractivity contribution in [1.29, 1.82) is 0 Å². The van der Waals surface area contributed by atoms with Gasteiger partial charge in [-0.2, -0.15) is 0 Å². The van der Waals surface area contributed by atoms with E-state index in [1.165, 1.54) is 23.1 Å². The highest BCUT2D eigenvalue weighted by Crippen LogP contribution is 2.07. The lowest BCUT2D eigenvalue weighted by Gasteiger charge is -2.18. The summed E-state index contributed by atoms with van der Waals surface area (Å²) in [7, 11) is 1.65. The molecule has 0 spiro atoms. The Hall–Kier alpha value is -2.43. The van der Waals surface area contributed by atoms with Crippen molar-refractivity contribution in [3.05, 3.63) is 71.3 Å². The fourth-order valence-electron chi connectivity index (χ4n) is 2.08. The van der Waals surface area contributed by atoms with Crippen molar-refractivity contribution in [1.82, 2.24) is 10.2 Å². The van der Waals surface area contributed by atoms with Crippen molar-refractivity contribution in [2.24, 2.45) is 0 Å². The summed E-state index contributed by atoms with van der Waals surface area (Å²) in [6.45, 7) is 0.735. The van der Waals surface area contributed by atoms with E-state index in [-0.39, 0.29) is 17.7 Å². The number of nitrogens with one attached hydrogen (secondary N) is 1. The molecule has 22 heavy (non-hydrogen) atoms. The number of urea groups is 1. The third kappa shape index (κ3) is 4.55. The predicted molar refractivity (Wildman–Crippen MR) is 81.4 cm³/mol. The number of halogens is 2. The number of nitrogens with zero attached hydrogens (tertiary/aromatic N) is 1. The maximum Gasteiger partial charge on any atom is 0.317 e. The van der Waals surface area contributed by atoms with Crippen LogP contribution in [0, 0.1) is 11.6 Å². The van der Waals surface area contributed by atoms with Crippen molar-refractivity contribution in [3.8, 4) is 0 Å². The number of hydrogen-bond acceptors (Lipinski definition) is 1. The summed E-state index contributed by atoms with van der Waals surface area (Å²) in [6.07, 6.45) is 0.433. The first-order valence-corrected chi connectivity index (χ1v) is 7.03. The molecule has 0 aliphatic carbocycles. The maximum absolute atomic E-state index is 13.4. The van der Waals surface area contributed by atoms with E-state index in [9.17, 15) is 13.6 Å². The number of carbonyl (C=O) groups is 1. The first kappa shape index (κ1) is 15.9. The van der Waals surface area contributed by atoms with Crippen molar-refractivity contribution in [2.75, 3.05) is 13.6 Å². The van der Waals surface area contributed by atoms with Crippen LogP contribution in [0.5, 0.6) is 0 Å². The highest BCUT2D eigenvalue weighted by molar-refractivity contribution is 5.73. The van der Waals surface area contributed by atoms with Crippen molar-refractivity contribution in [2.45, 2.75) is 13.0 Å². The van der Waals surface area contributed by atoms with Gasteiger partial charge in [0, 0.05) is 20.1 Å². The lowest BCUT2D eigenvalue weighted by atomic mass is 10.1. The van der Waals surface area contributed by atoms with Crippen molar-refractivity contribution >= 4 is 6.03 Å². The summed E-state index contributed by atoms with van der Waals surface area (Å²) in [4.78, 5) is 13.4. The van der Waals surface area contributed by atoms with Crippen LogP contribution in [0.4, 0.5) is 13.6 Å². The molecular formula is C17H18F2N2O. The Bertz CT molecular complexity index is 629. The molecule has 2 aromatic rings. The van der Waals surface area contributed by atoms with Gasteiger partial charge < -0.3 is 10.2 Å². The fraction of sp³-hybridized carbons (Fsp3) is 0.235. The lowest BCUT2D eigenvalue weighted by Crippen LogP contribution is -2.37. The Morgan fingerprint density at radius 3 is 2.45 bits per heavy atom. The molecular weight excluding hydrogens is 286 g/mol. The van der Waals surface area contributed by atoms with Crippen LogP contribution in [-0.2, 0) is 13.0 Å². The number of carbonyl (C=O) groups excluding carboxylic acids is 1. The predicted octanol–water partition coefficient (Wildman–Crippen LogP) is 3.35. The van der Waals surface area contributed by atoms with Gasteiger partial charge in [-0.1, -0.05) is 30.3 Å². The first-order valence-electron chi connectivity index (χ1n) is 7.03. The molecule has 0 saturated heterocycles. The Morgan fingerprint density at radius 1 is 1.09 bits per heavy atom. The molecule has 0 aromatic heterocycles.